The molecule has 3 amide bonds. The lowest BCUT2D eigenvalue weighted by atomic mass is 9.75. The highest BCUT2D eigenvalue weighted by Gasteiger charge is 2.74. The topological polar surface area (TPSA) is 69.7 Å². The number of rotatable bonds is 1. The Morgan fingerprint density at radius 2 is 1.87 bits per heavy atom. The van der Waals surface area contributed by atoms with E-state index in [1.165, 1.54) is 6.07 Å². The summed E-state index contributed by atoms with van der Waals surface area (Å²) in [6, 6.07) is 10.1. The second kappa shape index (κ2) is 6.54. The number of hydrogen-bond donors (Lipinski definition) is 1. The Bertz CT molecular complexity index is 1200. The van der Waals surface area contributed by atoms with Crippen LogP contribution in [0, 0.1) is 11.8 Å². The molecule has 3 fully saturated rings. The van der Waals surface area contributed by atoms with Crippen molar-refractivity contribution in [3.05, 3.63) is 56.5 Å². The molecule has 4 heterocycles. The number of anilines is 2. The molecule has 0 unspecified atom stereocenters. The molecule has 9 heteroatoms. The van der Waals surface area contributed by atoms with Crippen molar-refractivity contribution in [1.29, 1.82) is 0 Å². The molecule has 2 aromatic carbocycles. The molecule has 6 rings (SSSR count). The van der Waals surface area contributed by atoms with Gasteiger partial charge in [0.25, 0.3) is 0 Å². The minimum absolute atomic E-state index is 0.173. The second-order valence-electron chi connectivity index (χ2n) is 8.42. The van der Waals surface area contributed by atoms with E-state index in [0.717, 1.165) is 27.8 Å². The molecule has 4 aliphatic heterocycles. The summed E-state index contributed by atoms with van der Waals surface area (Å²) in [6.45, 7) is 0.666. The summed E-state index contributed by atoms with van der Waals surface area (Å²) < 4.78 is 0.815. The maximum absolute atomic E-state index is 13.9. The molecule has 1 N–H and O–H groups in total. The van der Waals surface area contributed by atoms with Crippen LogP contribution in [0.4, 0.5) is 11.4 Å². The Balaban J connectivity index is 1.57. The van der Waals surface area contributed by atoms with Crippen molar-refractivity contribution in [2.24, 2.45) is 11.8 Å². The molecular formula is C22H16BrCl2N3O3. The SMILES string of the molecule is O=C1[C@H]2[C@@H](C(=O)N1c1ccc(Cl)cc1Cl)[C@@]1(C(=O)Nc3ccc(Br)cc31)N1CCC[C@@H]21. The number of imide groups is 1. The number of halogens is 3. The molecular weight excluding hydrogens is 505 g/mol. The molecule has 0 bridgehead atoms. The molecule has 0 aromatic heterocycles. The predicted molar refractivity (Wildman–Crippen MR) is 120 cm³/mol. The number of nitrogens with zero attached hydrogens (tertiary/aromatic N) is 2. The van der Waals surface area contributed by atoms with E-state index in [0.29, 0.717) is 22.9 Å². The average Bonchev–Trinajstić information content (AvgIpc) is 3.42. The molecule has 4 atom stereocenters. The van der Waals surface area contributed by atoms with E-state index in [2.05, 4.69) is 26.1 Å². The number of amides is 3. The number of benzene rings is 2. The highest BCUT2D eigenvalue weighted by molar-refractivity contribution is 9.10. The number of carbonyl (C=O) groups is 3. The van der Waals surface area contributed by atoms with E-state index in [-0.39, 0.29) is 22.9 Å². The first-order valence-corrected chi connectivity index (χ1v) is 11.6. The third-order valence-corrected chi connectivity index (χ3v) is 8.14. The third-order valence-electron chi connectivity index (χ3n) is 7.11. The van der Waals surface area contributed by atoms with Gasteiger partial charge in [0, 0.05) is 26.8 Å². The van der Waals surface area contributed by atoms with Crippen LogP contribution in [-0.4, -0.2) is 35.2 Å². The Kier molecular flexibility index (Phi) is 4.16. The van der Waals surface area contributed by atoms with Crippen molar-refractivity contribution in [2.75, 3.05) is 16.8 Å². The van der Waals surface area contributed by atoms with Crippen LogP contribution in [-0.2, 0) is 19.9 Å². The zero-order valence-corrected chi connectivity index (χ0v) is 19.2. The lowest BCUT2D eigenvalue weighted by Crippen LogP contribution is -2.54. The molecule has 0 radical (unpaired) electrons. The maximum atomic E-state index is 13.9. The van der Waals surface area contributed by atoms with Gasteiger partial charge < -0.3 is 5.32 Å². The fourth-order valence-corrected chi connectivity index (χ4v) is 6.93. The largest absolute Gasteiger partial charge is 0.324 e. The molecule has 6 nitrogen and oxygen atoms in total. The summed E-state index contributed by atoms with van der Waals surface area (Å²) in [4.78, 5) is 44.3. The molecule has 0 saturated carbocycles. The van der Waals surface area contributed by atoms with Crippen molar-refractivity contribution in [3.8, 4) is 0 Å². The van der Waals surface area contributed by atoms with Gasteiger partial charge in [-0.2, -0.15) is 0 Å². The van der Waals surface area contributed by atoms with E-state index in [9.17, 15) is 14.4 Å². The molecule has 3 saturated heterocycles. The smallest absolute Gasteiger partial charge is 0.250 e. The molecule has 158 valence electrons. The zero-order valence-electron chi connectivity index (χ0n) is 16.1. The minimum Gasteiger partial charge on any atom is -0.324 e. The van der Waals surface area contributed by atoms with Gasteiger partial charge in [-0.1, -0.05) is 39.1 Å². The standard InChI is InChI=1S/C22H16BrCl2N3O3/c23-10-3-5-14-12(8-10)22(21(31)26-14)18-17(16-2-1-7-27(16)22)19(29)28(20(18)30)15-6-4-11(24)9-13(15)25/h3-6,8-9,16-18H,1-2,7H2,(H,26,31)/t16-,17+,18-,22-/m0/s1. The summed E-state index contributed by atoms with van der Waals surface area (Å²) in [5.74, 6) is -2.35. The Labute approximate surface area is 196 Å². The van der Waals surface area contributed by atoms with Crippen molar-refractivity contribution in [3.63, 3.8) is 0 Å². The highest BCUT2D eigenvalue weighted by atomic mass is 79.9. The van der Waals surface area contributed by atoms with Crippen molar-refractivity contribution in [1.82, 2.24) is 4.90 Å². The van der Waals surface area contributed by atoms with Gasteiger partial charge in [-0.05, 0) is 55.8 Å². The van der Waals surface area contributed by atoms with E-state index >= 15 is 0 Å². The summed E-state index contributed by atoms with van der Waals surface area (Å²) in [6.07, 6.45) is 1.64. The lowest BCUT2D eigenvalue weighted by Gasteiger charge is -2.36. The lowest BCUT2D eigenvalue weighted by molar-refractivity contribution is -0.135. The van der Waals surface area contributed by atoms with E-state index in [1.807, 2.05) is 18.2 Å². The summed E-state index contributed by atoms with van der Waals surface area (Å²) >= 11 is 15.9. The molecule has 31 heavy (non-hydrogen) atoms. The van der Waals surface area contributed by atoms with Crippen LogP contribution in [0.15, 0.2) is 40.9 Å². The Morgan fingerprint density at radius 1 is 1.06 bits per heavy atom. The highest BCUT2D eigenvalue weighted by Crippen LogP contribution is 2.61. The van der Waals surface area contributed by atoms with Gasteiger partial charge in [-0.25, -0.2) is 4.90 Å². The van der Waals surface area contributed by atoms with Crippen LogP contribution >= 0.6 is 39.1 Å². The summed E-state index contributed by atoms with van der Waals surface area (Å²) in [5, 5.41) is 3.61. The van der Waals surface area contributed by atoms with Gasteiger partial charge in [-0.3, -0.25) is 19.3 Å². The Hall–Kier alpha value is -1.93. The van der Waals surface area contributed by atoms with Gasteiger partial charge in [-0.15, -0.1) is 0 Å². The van der Waals surface area contributed by atoms with Gasteiger partial charge in [0.1, 0.15) is 5.54 Å². The van der Waals surface area contributed by atoms with Crippen LogP contribution in [0.3, 0.4) is 0 Å². The fraction of sp³-hybridized carbons (Fsp3) is 0.318. The number of nitrogens with one attached hydrogen (secondary N) is 1. The van der Waals surface area contributed by atoms with Crippen LogP contribution in [0.25, 0.3) is 0 Å². The molecule has 2 aromatic rings. The van der Waals surface area contributed by atoms with Crippen molar-refractivity contribution >= 4 is 68.2 Å². The van der Waals surface area contributed by atoms with Crippen molar-refractivity contribution in [2.45, 2.75) is 24.4 Å². The van der Waals surface area contributed by atoms with E-state index in [1.54, 1.807) is 12.1 Å². The zero-order chi connectivity index (χ0) is 21.7. The molecule has 4 aliphatic rings. The number of carbonyl (C=O) groups excluding carboxylic acids is 3. The Morgan fingerprint density at radius 3 is 2.65 bits per heavy atom. The van der Waals surface area contributed by atoms with Crippen LogP contribution < -0.4 is 10.2 Å². The fourth-order valence-electron chi connectivity index (χ4n) is 6.08. The number of fused-ring (bicyclic) bond motifs is 7. The van der Waals surface area contributed by atoms with Crippen molar-refractivity contribution < 1.29 is 14.4 Å². The van der Waals surface area contributed by atoms with E-state index < -0.39 is 23.3 Å². The first-order chi connectivity index (χ1) is 14.9. The van der Waals surface area contributed by atoms with Gasteiger partial charge in [0.15, 0.2) is 0 Å². The van der Waals surface area contributed by atoms with Crippen LogP contribution in [0.2, 0.25) is 10.0 Å². The summed E-state index contributed by atoms with van der Waals surface area (Å²) in [7, 11) is 0. The molecule has 1 spiro atoms. The monoisotopic (exact) mass is 519 g/mol. The minimum atomic E-state index is -1.20. The maximum Gasteiger partial charge on any atom is 0.250 e. The second-order valence-corrected chi connectivity index (χ2v) is 10.2. The van der Waals surface area contributed by atoms with Crippen LogP contribution in [0.5, 0.6) is 0 Å². The van der Waals surface area contributed by atoms with Gasteiger partial charge >= 0.3 is 0 Å². The average molecular weight is 521 g/mol. The number of hydrogen-bond acceptors (Lipinski definition) is 4. The predicted octanol–water partition coefficient (Wildman–Crippen LogP) is 4.19. The van der Waals surface area contributed by atoms with Crippen LogP contribution in [0.1, 0.15) is 18.4 Å². The van der Waals surface area contributed by atoms with E-state index in [4.69, 9.17) is 23.2 Å². The van der Waals surface area contributed by atoms with Gasteiger partial charge in [0.05, 0.1) is 22.5 Å². The normalized spacial score (nSPS) is 31.4. The van der Waals surface area contributed by atoms with Gasteiger partial charge in [0.2, 0.25) is 17.7 Å². The first-order valence-electron chi connectivity index (χ1n) is 10.1. The summed E-state index contributed by atoms with van der Waals surface area (Å²) in [5.41, 5.74) is 0.535. The first kappa shape index (κ1) is 19.7. The quantitative estimate of drug-likeness (QED) is 0.572. The molecule has 0 aliphatic carbocycles. The third kappa shape index (κ3) is 2.35.